The number of nitrogens with zero attached hydrogens (tertiary/aromatic N) is 2. The van der Waals surface area contributed by atoms with Gasteiger partial charge < -0.3 is 10.6 Å². The predicted molar refractivity (Wildman–Crippen MR) is 98.1 cm³/mol. The van der Waals surface area contributed by atoms with Crippen molar-refractivity contribution in [3.05, 3.63) is 12.2 Å². The molecule has 3 rings (SSSR count). The molecule has 2 aliphatic carbocycles. The fourth-order valence-corrected chi connectivity index (χ4v) is 4.56. The Morgan fingerprint density at radius 1 is 1.19 bits per heavy atom. The van der Waals surface area contributed by atoms with Gasteiger partial charge in [0.25, 0.3) is 0 Å². The average molecular weight is 382 g/mol. The summed E-state index contributed by atoms with van der Waals surface area (Å²) < 4.78 is 22.4. The van der Waals surface area contributed by atoms with Crippen LogP contribution in [0.15, 0.2) is 17.1 Å². The lowest BCUT2D eigenvalue weighted by atomic mass is 9.85. The van der Waals surface area contributed by atoms with E-state index < -0.39 is 9.84 Å². The van der Waals surface area contributed by atoms with Gasteiger partial charge in [0.05, 0.1) is 24.1 Å². The van der Waals surface area contributed by atoms with Crippen LogP contribution in [0.5, 0.6) is 0 Å². The van der Waals surface area contributed by atoms with Crippen LogP contribution in [0.25, 0.3) is 0 Å². The van der Waals surface area contributed by atoms with Crippen LogP contribution in [0.4, 0.5) is 0 Å². The third kappa shape index (κ3) is 3.77. The lowest BCUT2D eigenvalue weighted by Crippen LogP contribution is -2.43. The molecule has 0 aromatic rings. The number of likely N-dealkylation sites (tertiary alicyclic amines) is 1. The highest BCUT2D eigenvalue weighted by Gasteiger charge is 2.58. The maximum atomic E-state index is 12.6. The van der Waals surface area contributed by atoms with Crippen LogP contribution >= 0.6 is 0 Å². The molecule has 2 amide bonds. The molecular formula is C17H26N4O4S. The van der Waals surface area contributed by atoms with E-state index >= 15 is 0 Å². The zero-order chi connectivity index (χ0) is 18.9. The van der Waals surface area contributed by atoms with Gasteiger partial charge in [-0.2, -0.15) is 0 Å². The van der Waals surface area contributed by atoms with Crippen LogP contribution in [0.2, 0.25) is 0 Å². The summed E-state index contributed by atoms with van der Waals surface area (Å²) in [6.07, 6.45) is 6.26. The van der Waals surface area contributed by atoms with Gasteiger partial charge in [0.1, 0.15) is 9.84 Å². The largest absolute Gasteiger partial charge is 0.357 e. The average Bonchev–Trinajstić information content (AvgIpc) is 3.23. The van der Waals surface area contributed by atoms with Gasteiger partial charge in [0, 0.05) is 25.9 Å². The SMILES string of the molecule is CCNC(=NCCS(C)(=O)=O)NCCN1C(=O)C2C3C=CC(C3)C2C1=O. The highest BCUT2D eigenvalue weighted by atomic mass is 32.2. The molecule has 1 saturated carbocycles. The summed E-state index contributed by atoms with van der Waals surface area (Å²) in [5.41, 5.74) is 0. The Hall–Kier alpha value is -1.90. The van der Waals surface area contributed by atoms with Gasteiger partial charge in [-0.15, -0.1) is 0 Å². The molecule has 1 heterocycles. The van der Waals surface area contributed by atoms with Gasteiger partial charge in [0.2, 0.25) is 11.8 Å². The third-order valence-electron chi connectivity index (χ3n) is 5.27. The Morgan fingerprint density at radius 3 is 2.35 bits per heavy atom. The minimum atomic E-state index is -3.06. The van der Waals surface area contributed by atoms with Crippen molar-refractivity contribution >= 4 is 27.6 Å². The molecule has 1 saturated heterocycles. The normalized spacial score (nSPS) is 30.2. The minimum absolute atomic E-state index is 0.0220. The van der Waals surface area contributed by atoms with Crippen molar-refractivity contribution in [1.29, 1.82) is 0 Å². The number of fused-ring (bicyclic) bond motifs is 5. The summed E-state index contributed by atoms with van der Waals surface area (Å²) in [7, 11) is -3.06. The molecule has 3 aliphatic rings. The van der Waals surface area contributed by atoms with Crippen molar-refractivity contribution in [2.75, 3.05) is 38.2 Å². The van der Waals surface area contributed by atoms with E-state index in [0.717, 1.165) is 6.42 Å². The van der Waals surface area contributed by atoms with E-state index in [9.17, 15) is 18.0 Å². The molecule has 144 valence electrons. The number of hydrogen-bond donors (Lipinski definition) is 2. The number of nitrogens with one attached hydrogen (secondary N) is 2. The molecule has 2 bridgehead atoms. The van der Waals surface area contributed by atoms with Gasteiger partial charge in [-0.1, -0.05) is 12.2 Å². The third-order valence-corrected chi connectivity index (χ3v) is 6.19. The van der Waals surface area contributed by atoms with Crippen LogP contribution in [-0.4, -0.2) is 69.3 Å². The van der Waals surface area contributed by atoms with Crippen molar-refractivity contribution in [1.82, 2.24) is 15.5 Å². The van der Waals surface area contributed by atoms with Crippen LogP contribution < -0.4 is 10.6 Å². The number of rotatable bonds is 7. The van der Waals surface area contributed by atoms with Crippen molar-refractivity contribution in [3.8, 4) is 0 Å². The summed E-state index contributed by atoms with van der Waals surface area (Å²) >= 11 is 0. The highest BCUT2D eigenvalue weighted by Crippen LogP contribution is 2.52. The smallest absolute Gasteiger partial charge is 0.233 e. The lowest BCUT2D eigenvalue weighted by Gasteiger charge is -2.18. The number of hydrogen-bond acceptors (Lipinski definition) is 5. The van der Waals surface area contributed by atoms with Gasteiger partial charge in [0.15, 0.2) is 5.96 Å². The molecule has 9 heteroatoms. The van der Waals surface area contributed by atoms with Gasteiger partial charge in [-0.05, 0) is 25.2 Å². The molecule has 4 unspecified atom stereocenters. The number of aliphatic imine (C=N–C) groups is 1. The second kappa shape index (κ2) is 7.38. The standard InChI is InChI=1S/C17H26N4O4S/c1-3-18-17(20-7-9-26(2,24)25)19-6-8-21-15(22)13-11-4-5-12(10-11)14(13)16(21)23/h4-5,11-14H,3,6-10H2,1-2H3,(H2,18,19,20). The van der Waals surface area contributed by atoms with E-state index in [1.807, 2.05) is 6.92 Å². The first-order valence-corrected chi connectivity index (χ1v) is 11.1. The Bertz CT molecular complexity index is 716. The number of guanidine groups is 1. The monoisotopic (exact) mass is 382 g/mol. The molecular weight excluding hydrogens is 356 g/mol. The van der Waals surface area contributed by atoms with Crippen LogP contribution in [-0.2, 0) is 19.4 Å². The zero-order valence-electron chi connectivity index (χ0n) is 15.1. The number of carbonyl (C=O) groups excluding carboxylic acids is 2. The minimum Gasteiger partial charge on any atom is -0.357 e. The zero-order valence-corrected chi connectivity index (χ0v) is 16.0. The summed E-state index contributed by atoms with van der Waals surface area (Å²) in [5, 5.41) is 6.09. The topological polar surface area (TPSA) is 108 Å². The maximum absolute atomic E-state index is 12.6. The first kappa shape index (κ1) is 18.9. The first-order chi connectivity index (χ1) is 12.3. The summed E-state index contributed by atoms with van der Waals surface area (Å²) in [6, 6.07) is 0. The van der Waals surface area contributed by atoms with E-state index in [4.69, 9.17) is 0 Å². The van der Waals surface area contributed by atoms with E-state index in [-0.39, 0.29) is 47.8 Å². The number of carbonyl (C=O) groups is 2. The molecule has 2 N–H and O–H groups in total. The second-order valence-corrected chi connectivity index (χ2v) is 9.41. The Kier molecular flexibility index (Phi) is 5.36. The van der Waals surface area contributed by atoms with E-state index in [1.165, 1.54) is 11.2 Å². The van der Waals surface area contributed by atoms with Gasteiger partial charge in [-0.3, -0.25) is 19.5 Å². The number of amides is 2. The Morgan fingerprint density at radius 2 is 1.81 bits per heavy atom. The maximum Gasteiger partial charge on any atom is 0.233 e. The lowest BCUT2D eigenvalue weighted by molar-refractivity contribution is -0.140. The van der Waals surface area contributed by atoms with Crippen molar-refractivity contribution in [2.24, 2.45) is 28.7 Å². The van der Waals surface area contributed by atoms with Gasteiger partial charge in [-0.25, -0.2) is 8.42 Å². The molecule has 0 spiro atoms. The van der Waals surface area contributed by atoms with Crippen LogP contribution in [0, 0.1) is 23.7 Å². The fourth-order valence-electron chi connectivity index (χ4n) is 4.14. The summed E-state index contributed by atoms with van der Waals surface area (Å²) in [6.45, 7) is 3.37. The highest BCUT2D eigenvalue weighted by molar-refractivity contribution is 7.90. The Balaban J connectivity index is 1.53. The number of imide groups is 1. The van der Waals surface area contributed by atoms with E-state index in [0.29, 0.717) is 25.6 Å². The molecule has 1 aliphatic heterocycles. The van der Waals surface area contributed by atoms with Crippen LogP contribution in [0.1, 0.15) is 13.3 Å². The summed E-state index contributed by atoms with van der Waals surface area (Å²) in [4.78, 5) is 30.8. The molecule has 26 heavy (non-hydrogen) atoms. The molecule has 0 radical (unpaired) electrons. The van der Waals surface area contributed by atoms with Crippen molar-refractivity contribution in [2.45, 2.75) is 13.3 Å². The number of allylic oxidation sites excluding steroid dienone is 2. The van der Waals surface area contributed by atoms with E-state index in [1.54, 1.807) is 0 Å². The fraction of sp³-hybridized carbons (Fsp3) is 0.706. The van der Waals surface area contributed by atoms with E-state index in [2.05, 4.69) is 27.8 Å². The molecule has 8 nitrogen and oxygen atoms in total. The molecule has 4 atom stereocenters. The number of sulfone groups is 1. The first-order valence-electron chi connectivity index (χ1n) is 9.05. The van der Waals surface area contributed by atoms with Crippen LogP contribution in [0.3, 0.4) is 0 Å². The van der Waals surface area contributed by atoms with Gasteiger partial charge >= 0.3 is 0 Å². The predicted octanol–water partition coefficient (Wildman–Crippen LogP) is -0.607. The Labute approximate surface area is 154 Å². The quantitative estimate of drug-likeness (QED) is 0.263. The molecule has 0 aromatic carbocycles. The molecule has 0 aromatic heterocycles. The van der Waals surface area contributed by atoms with Crippen molar-refractivity contribution in [3.63, 3.8) is 0 Å². The molecule has 2 fully saturated rings. The second-order valence-electron chi connectivity index (χ2n) is 7.15. The summed E-state index contributed by atoms with van der Waals surface area (Å²) in [5.74, 6) is 0.436. The van der Waals surface area contributed by atoms with Crippen molar-refractivity contribution < 1.29 is 18.0 Å².